The van der Waals surface area contributed by atoms with E-state index in [2.05, 4.69) is 6.92 Å². The monoisotopic (exact) mass is 302 g/mol. The van der Waals surface area contributed by atoms with Crippen LogP contribution in [-0.4, -0.2) is 11.6 Å². The minimum absolute atomic E-state index is 0. The van der Waals surface area contributed by atoms with Gasteiger partial charge in [-0.05, 0) is 80.3 Å². The van der Waals surface area contributed by atoms with Crippen LogP contribution in [0, 0.1) is 28.6 Å². The molecule has 0 aromatic carbocycles. The van der Waals surface area contributed by atoms with Crippen LogP contribution in [0.15, 0.2) is 11.6 Å². The minimum atomic E-state index is -0.448. The molecule has 3 fully saturated rings. The molecular formula is C20H30O2. The van der Waals surface area contributed by atoms with Gasteiger partial charge < -0.3 is 0 Å². The SMILES string of the molecule is C.C[C@]12CC[C@H]3[C@@H](CCC4CCCC[C@@]43C)C1=CC(=O)C2=O. The first-order valence-corrected chi connectivity index (χ1v) is 8.78. The highest BCUT2D eigenvalue weighted by atomic mass is 16.2. The van der Waals surface area contributed by atoms with Crippen molar-refractivity contribution in [1.82, 2.24) is 0 Å². The largest absolute Gasteiger partial charge is 0.290 e. The van der Waals surface area contributed by atoms with Crippen LogP contribution in [0.5, 0.6) is 0 Å². The van der Waals surface area contributed by atoms with Gasteiger partial charge in [-0.25, -0.2) is 0 Å². The molecule has 0 aliphatic heterocycles. The molecule has 4 aliphatic rings. The van der Waals surface area contributed by atoms with Gasteiger partial charge in [0.1, 0.15) is 0 Å². The Balaban J connectivity index is 0.00000144. The van der Waals surface area contributed by atoms with Crippen molar-refractivity contribution in [3.63, 3.8) is 0 Å². The summed E-state index contributed by atoms with van der Waals surface area (Å²) >= 11 is 0. The van der Waals surface area contributed by atoms with E-state index in [0.29, 0.717) is 17.3 Å². The van der Waals surface area contributed by atoms with Gasteiger partial charge in [0.25, 0.3) is 0 Å². The van der Waals surface area contributed by atoms with Gasteiger partial charge in [-0.2, -0.15) is 0 Å². The summed E-state index contributed by atoms with van der Waals surface area (Å²) in [6.45, 7) is 4.53. The van der Waals surface area contributed by atoms with E-state index in [1.807, 2.05) is 6.92 Å². The van der Waals surface area contributed by atoms with Gasteiger partial charge in [-0.1, -0.05) is 27.2 Å². The molecule has 0 amide bonds. The molecule has 0 bridgehead atoms. The van der Waals surface area contributed by atoms with E-state index in [1.54, 1.807) is 6.08 Å². The highest BCUT2D eigenvalue weighted by molar-refractivity contribution is 6.46. The summed E-state index contributed by atoms with van der Waals surface area (Å²) in [7, 11) is 0. The van der Waals surface area contributed by atoms with Crippen LogP contribution in [0.1, 0.15) is 72.6 Å². The zero-order valence-corrected chi connectivity index (χ0v) is 13.3. The summed E-state index contributed by atoms with van der Waals surface area (Å²) in [5.41, 5.74) is 1.22. The van der Waals surface area contributed by atoms with E-state index >= 15 is 0 Å². The Morgan fingerprint density at radius 1 is 1.00 bits per heavy atom. The summed E-state index contributed by atoms with van der Waals surface area (Å²) in [5, 5.41) is 0. The van der Waals surface area contributed by atoms with E-state index in [1.165, 1.54) is 44.1 Å². The zero-order valence-electron chi connectivity index (χ0n) is 13.3. The first-order chi connectivity index (χ1) is 9.97. The van der Waals surface area contributed by atoms with E-state index < -0.39 is 5.41 Å². The lowest BCUT2D eigenvalue weighted by Crippen LogP contribution is -2.50. The zero-order chi connectivity index (χ0) is 14.8. The van der Waals surface area contributed by atoms with Crippen molar-refractivity contribution in [2.75, 3.05) is 0 Å². The standard InChI is InChI=1S/C19H26O2.CH4/c1-18-9-4-3-5-12(18)6-7-13-14(18)8-10-19(2)15(13)11-16(20)17(19)21;/h11-14H,3-10H2,1-2H3;1H4/t12?,13-,14+,18+,19+;/m1./s1. The second-order valence-corrected chi connectivity index (χ2v) is 8.40. The maximum atomic E-state index is 12.3. The van der Waals surface area contributed by atoms with Gasteiger partial charge in [0, 0.05) is 0 Å². The third-order valence-corrected chi connectivity index (χ3v) is 7.61. The summed E-state index contributed by atoms with van der Waals surface area (Å²) in [5.74, 6) is 1.72. The van der Waals surface area contributed by atoms with Gasteiger partial charge in [-0.3, -0.25) is 9.59 Å². The van der Waals surface area contributed by atoms with Crippen molar-refractivity contribution in [2.24, 2.45) is 28.6 Å². The fourth-order valence-corrected chi connectivity index (χ4v) is 6.32. The van der Waals surface area contributed by atoms with E-state index in [4.69, 9.17) is 0 Å². The molecule has 0 heterocycles. The van der Waals surface area contributed by atoms with Crippen LogP contribution in [0.4, 0.5) is 0 Å². The molecule has 4 rings (SSSR count). The number of hydrogen-bond acceptors (Lipinski definition) is 2. The highest BCUT2D eigenvalue weighted by Crippen LogP contribution is 2.63. The maximum absolute atomic E-state index is 12.3. The van der Waals surface area contributed by atoms with Crippen LogP contribution in [0.3, 0.4) is 0 Å². The number of fused-ring (bicyclic) bond motifs is 5. The molecule has 3 saturated carbocycles. The molecule has 0 aromatic heterocycles. The van der Waals surface area contributed by atoms with E-state index in [0.717, 1.165) is 18.8 Å². The Kier molecular flexibility index (Phi) is 3.66. The number of carbonyl (C=O) groups excluding carboxylic acids is 2. The van der Waals surface area contributed by atoms with Crippen LogP contribution in [0.25, 0.3) is 0 Å². The van der Waals surface area contributed by atoms with Gasteiger partial charge in [-0.15, -0.1) is 0 Å². The number of allylic oxidation sites excluding steroid dienone is 2. The van der Waals surface area contributed by atoms with Crippen molar-refractivity contribution in [1.29, 1.82) is 0 Å². The summed E-state index contributed by atoms with van der Waals surface area (Å²) in [4.78, 5) is 24.3. The summed E-state index contributed by atoms with van der Waals surface area (Å²) in [6, 6.07) is 0. The molecule has 0 N–H and O–H groups in total. The Labute approximate surface area is 134 Å². The number of carbonyl (C=O) groups is 2. The lowest BCUT2D eigenvalue weighted by molar-refractivity contribution is -0.139. The first-order valence-electron chi connectivity index (χ1n) is 8.78. The second-order valence-electron chi connectivity index (χ2n) is 8.40. The third kappa shape index (κ3) is 1.85. The molecule has 22 heavy (non-hydrogen) atoms. The number of hydrogen-bond donors (Lipinski definition) is 0. The molecule has 122 valence electrons. The molecule has 0 radical (unpaired) electrons. The smallest absolute Gasteiger partial charge is 0.222 e. The lowest BCUT2D eigenvalue weighted by atomic mass is 9.46. The van der Waals surface area contributed by atoms with Gasteiger partial charge in [0.2, 0.25) is 11.6 Å². The predicted octanol–water partition coefficient (Wildman–Crippen LogP) is 4.72. The van der Waals surface area contributed by atoms with E-state index in [9.17, 15) is 9.59 Å². The molecule has 0 saturated heterocycles. The van der Waals surface area contributed by atoms with E-state index in [-0.39, 0.29) is 19.0 Å². The Hall–Kier alpha value is -0.920. The Bertz CT molecular complexity index is 546. The van der Waals surface area contributed by atoms with Gasteiger partial charge in [0.15, 0.2) is 0 Å². The van der Waals surface area contributed by atoms with Gasteiger partial charge in [0.05, 0.1) is 5.41 Å². The minimum Gasteiger partial charge on any atom is -0.290 e. The molecule has 0 aromatic rings. The second kappa shape index (κ2) is 5.04. The lowest BCUT2D eigenvalue weighted by Gasteiger charge is -2.58. The van der Waals surface area contributed by atoms with Crippen molar-refractivity contribution in [2.45, 2.75) is 72.6 Å². The van der Waals surface area contributed by atoms with Crippen LogP contribution in [0.2, 0.25) is 0 Å². The van der Waals surface area contributed by atoms with Crippen LogP contribution < -0.4 is 0 Å². The first kappa shape index (κ1) is 16.0. The van der Waals surface area contributed by atoms with Gasteiger partial charge >= 0.3 is 0 Å². The normalized spacial score (nSPS) is 47.0. The molecule has 4 aliphatic carbocycles. The third-order valence-electron chi connectivity index (χ3n) is 7.61. The van der Waals surface area contributed by atoms with Crippen LogP contribution in [-0.2, 0) is 9.59 Å². The molecular weight excluding hydrogens is 272 g/mol. The molecule has 5 atom stereocenters. The molecule has 2 nitrogen and oxygen atoms in total. The number of rotatable bonds is 0. The van der Waals surface area contributed by atoms with Crippen molar-refractivity contribution < 1.29 is 9.59 Å². The summed E-state index contributed by atoms with van der Waals surface area (Å²) in [6.07, 6.45) is 11.8. The Morgan fingerprint density at radius 3 is 2.55 bits per heavy atom. The number of Topliss-reactive ketones (excluding diaryl/α,β-unsaturated/α-hetero) is 1. The van der Waals surface area contributed by atoms with Crippen LogP contribution >= 0.6 is 0 Å². The Morgan fingerprint density at radius 2 is 1.77 bits per heavy atom. The number of ketones is 2. The topological polar surface area (TPSA) is 34.1 Å². The molecule has 0 spiro atoms. The highest BCUT2D eigenvalue weighted by Gasteiger charge is 2.58. The average Bonchev–Trinajstić information content (AvgIpc) is 2.70. The van der Waals surface area contributed by atoms with Crippen molar-refractivity contribution in [3.8, 4) is 0 Å². The fraction of sp³-hybridized carbons (Fsp3) is 0.800. The maximum Gasteiger partial charge on any atom is 0.222 e. The molecule has 1 unspecified atom stereocenters. The quantitative estimate of drug-likeness (QED) is 0.607. The predicted molar refractivity (Wildman–Crippen MR) is 88.4 cm³/mol. The summed E-state index contributed by atoms with van der Waals surface area (Å²) < 4.78 is 0. The van der Waals surface area contributed by atoms with Crippen molar-refractivity contribution >= 4 is 11.6 Å². The van der Waals surface area contributed by atoms with Crippen molar-refractivity contribution in [3.05, 3.63) is 11.6 Å². The molecule has 2 heteroatoms. The fourth-order valence-electron chi connectivity index (χ4n) is 6.32. The average molecular weight is 302 g/mol.